The largest absolute Gasteiger partial charge is 0.503 e. The van der Waals surface area contributed by atoms with E-state index < -0.39 is 0 Å². The van der Waals surface area contributed by atoms with Crippen LogP contribution in [0.5, 0.6) is 5.75 Å². The number of nitrogens with zero attached hydrogens (tertiary/aromatic N) is 5. The predicted molar refractivity (Wildman–Crippen MR) is 152 cm³/mol. The van der Waals surface area contributed by atoms with Crippen LogP contribution in [0.3, 0.4) is 0 Å². The van der Waals surface area contributed by atoms with Crippen LogP contribution < -0.4 is 11.0 Å². The summed E-state index contributed by atoms with van der Waals surface area (Å²) < 4.78 is 3.96. The highest BCUT2D eigenvalue weighted by Crippen LogP contribution is 2.35. The lowest BCUT2D eigenvalue weighted by molar-refractivity contribution is 0.110. The number of fused-ring (bicyclic) bond motifs is 4. The molecular weight excluding hydrogens is 514 g/mol. The summed E-state index contributed by atoms with van der Waals surface area (Å²) in [5, 5.41) is 11.5. The quantitative estimate of drug-likeness (QED) is 0.510. The Morgan fingerprint density at radius 3 is 2.38 bits per heavy atom. The van der Waals surface area contributed by atoms with Gasteiger partial charge in [-0.15, -0.1) is 0 Å². The summed E-state index contributed by atoms with van der Waals surface area (Å²) in [6.07, 6.45) is 1.10. The van der Waals surface area contributed by atoms with E-state index in [1.807, 2.05) is 40.4 Å². The van der Waals surface area contributed by atoms with Crippen molar-refractivity contribution in [1.29, 1.82) is 0 Å². The molecule has 206 valence electrons. The number of pyridine rings is 2. The number of halogens is 1. The lowest BCUT2D eigenvalue weighted by Gasteiger charge is -2.43. The van der Waals surface area contributed by atoms with Crippen LogP contribution in [0.1, 0.15) is 35.0 Å². The fourth-order valence-corrected chi connectivity index (χ4v) is 6.90. The van der Waals surface area contributed by atoms with Gasteiger partial charge in [-0.2, -0.15) is 0 Å². The zero-order chi connectivity index (χ0) is 27.1. The van der Waals surface area contributed by atoms with Gasteiger partial charge in [-0.1, -0.05) is 29.8 Å². The molecule has 6 rings (SSSR count). The van der Waals surface area contributed by atoms with E-state index in [0.29, 0.717) is 30.6 Å². The maximum atomic E-state index is 12.8. The molecule has 5 heterocycles. The van der Waals surface area contributed by atoms with Gasteiger partial charge in [0, 0.05) is 107 Å². The van der Waals surface area contributed by atoms with Gasteiger partial charge in [0.25, 0.3) is 5.56 Å². The van der Waals surface area contributed by atoms with Crippen molar-refractivity contribution in [3.8, 4) is 5.75 Å². The first-order valence-electron chi connectivity index (χ1n) is 13.9. The summed E-state index contributed by atoms with van der Waals surface area (Å²) in [6.45, 7) is 8.14. The molecule has 8 nitrogen and oxygen atoms in total. The van der Waals surface area contributed by atoms with E-state index >= 15 is 0 Å². The van der Waals surface area contributed by atoms with E-state index in [2.05, 4.69) is 26.8 Å². The molecule has 9 heteroatoms. The molecule has 2 atom stereocenters. The number of piperidine rings is 1. The topological polar surface area (TPSA) is 73.9 Å². The van der Waals surface area contributed by atoms with Crippen molar-refractivity contribution < 1.29 is 5.11 Å². The number of likely N-dealkylation sites (tertiary alicyclic amines) is 1. The Hall–Kier alpha value is -2.91. The molecule has 0 radical (unpaired) electrons. The normalized spacial score (nSPS) is 22.1. The standard InChI is InChI=1S/C30H36ClN5O3/c1-32-25(19-35-16-22-12-23(18-35)26-6-3-7-29(38)36(26)17-22)14-28(37)30(39)27(32)20-34-10-8-33(9-11-34)15-21-4-2-5-24(31)13-21/h2-7,13-14,22-23,39H,8-12,15-20H2,1H3/t22-,23+/m0/s1. The Balaban J connectivity index is 1.13. The van der Waals surface area contributed by atoms with Crippen LogP contribution in [0, 0.1) is 5.92 Å². The number of benzene rings is 1. The van der Waals surface area contributed by atoms with Crippen molar-refractivity contribution in [3.63, 3.8) is 0 Å². The number of hydrogen-bond donors (Lipinski definition) is 1. The Kier molecular flexibility index (Phi) is 7.37. The maximum Gasteiger partial charge on any atom is 0.250 e. The molecule has 3 aliphatic heterocycles. The van der Waals surface area contributed by atoms with Gasteiger partial charge >= 0.3 is 0 Å². The van der Waals surface area contributed by atoms with Gasteiger partial charge in [-0.05, 0) is 36.1 Å². The average molecular weight is 550 g/mol. The fourth-order valence-electron chi connectivity index (χ4n) is 6.69. The van der Waals surface area contributed by atoms with Crippen LogP contribution in [-0.2, 0) is 33.2 Å². The van der Waals surface area contributed by atoms with Crippen molar-refractivity contribution in [2.45, 2.75) is 38.5 Å². The molecule has 0 saturated carbocycles. The fraction of sp³-hybridized carbons (Fsp3) is 0.467. The first-order chi connectivity index (χ1) is 18.8. The van der Waals surface area contributed by atoms with Crippen LogP contribution in [0.4, 0.5) is 0 Å². The summed E-state index contributed by atoms with van der Waals surface area (Å²) in [5.74, 6) is 0.600. The summed E-state index contributed by atoms with van der Waals surface area (Å²) in [6, 6.07) is 15.2. The third-order valence-electron chi connectivity index (χ3n) is 8.71. The highest BCUT2D eigenvalue weighted by atomic mass is 35.5. The maximum absolute atomic E-state index is 12.8. The molecule has 2 bridgehead atoms. The van der Waals surface area contributed by atoms with Gasteiger partial charge in [0.15, 0.2) is 5.75 Å². The van der Waals surface area contributed by atoms with Crippen molar-refractivity contribution in [1.82, 2.24) is 23.8 Å². The summed E-state index contributed by atoms with van der Waals surface area (Å²) in [4.78, 5) is 32.3. The van der Waals surface area contributed by atoms with Crippen LogP contribution in [0.15, 0.2) is 58.1 Å². The highest BCUT2D eigenvalue weighted by Gasteiger charge is 2.34. The summed E-state index contributed by atoms with van der Waals surface area (Å²) in [5.41, 5.74) is 3.70. The average Bonchev–Trinajstić information content (AvgIpc) is 2.91. The van der Waals surface area contributed by atoms with Crippen LogP contribution >= 0.6 is 11.6 Å². The molecule has 0 spiro atoms. The third kappa shape index (κ3) is 5.57. The Labute approximate surface area is 233 Å². The molecule has 2 fully saturated rings. The third-order valence-corrected chi connectivity index (χ3v) is 8.95. The van der Waals surface area contributed by atoms with Crippen LogP contribution in [-0.4, -0.2) is 68.2 Å². The first-order valence-corrected chi connectivity index (χ1v) is 14.2. The SMILES string of the molecule is Cn1c(CN2C[C@@H]3C[C@H](C2)c2cccc(=O)n2C3)cc(=O)c(O)c1CN1CCN(Cc2cccc(Cl)c2)CC1. The summed E-state index contributed by atoms with van der Waals surface area (Å²) in [7, 11) is 1.96. The first kappa shape index (κ1) is 26.3. The summed E-state index contributed by atoms with van der Waals surface area (Å²) >= 11 is 6.15. The predicted octanol–water partition coefficient (Wildman–Crippen LogP) is 2.84. The van der Waals surface area contributed by atoms with Crippen LogP contribution in [0.25, 0.3) is 0 Å². The molecule has 0 amide bonds. The molecule has 0 aliphatic carbocycles. The Morgan fingerprint density at radius 1 is 0.872 bits per heavy atom. The highest BCUT2D eigenvalue weighted by molar-refractivity contribution is 6.30. The van der Waals surface area contributed by atoms with Crippen molar-refractivity contribution >= 4 is 11.6 Å². The molecule has 39 heavy (non-hydrogen) atoms. The zero-order valence-electron chi connectivity index (χ0n) is 22.4. The van der Waals surface area contributed by atoms with Crippen LogP contribution in [0.2, 0.25) is 5.02 Å². The van der Waals surface area contributed by atoms with Crippen molar-refractivity contribution in [3.05, 3.63) is 96.8 Å². The lowest BCUT2D eigenvalue weighted by Crippen LogP contribution is -2.47. The Bertz CT molecular complexity index is 1480. The number of rotatable bonds is 6. The molecular formula is C30H36ClN5O3. The van der Waals surface area contributed by atoms with Gasteiger partial charge in [-0.25, -0.2) is 0 Å². The van der Waals surface area contributed by atoms with E-state index in [1.54, 1.807) is 12.1 Å². The number of aromatic nitrogens is 2. The molecule has 2 saturated heterocycles. The van der Waals surface area contributed by atoms with Gasteiger partial charge in [0.2, 0.25) is 5.43 Å². The van der Waals surface area contributed by atoms with Crippen molar-refractivity contribution in [2.75, 3.05) is 39.3 Å². The minimum Gasteiger partial charge on any atom is -0.503 e. The van der Waals surface area contributed by atoms with E-state index in [-0.39, 0.29) is 16.7 Å². The Morgan fingerprint density at radius 2 is 1.62 bits per heavy atom. The second-order valence-electron chi connectivity index (χ2n) is 11.4. The monoisotopic (exact) mass is 549 g/mol. The smallest absolute Gasteiger partial charge is 0.250 e. The number of aromatic hydroxyl groups is 1. The van der Waals surface area contributed by atoms with E-state index in [4.69, 9.17) is 11.6 Å². The van der Waals surface area contributed by atoms with E-state index in [1.165, 1.54) is 5.56 Å². The minimum absolute atomic E-state index is 0.0894. The number of hydrogen-bond acceptors (Lipinski definition) is 6. The molecule has 1 aromatic carbocycles. The zero-order valence-corrected chi connectivity index (χ0v) is 23.2. The molecule has 3 aliphatic rings. The van der Waals surface area contributed by atoms with Crippen molar-refractivity contribution in [2.24, 2.45) is 13.0 Å². The second-order valence-corrected chi connectivity index (χ2v) is 11.9. The number of piperazine rings is 1. The second kappa shape index (κ2) is 10.9. The lowest BCUT2D eigenvalue weighted by atomic mass is 9.83. The molecule has 0 unspecified atom stereocenters. The molecule has 3 aromatic rings. The minimum atomic E-state index is -0.313. The molecule has 1 N–H and O–H groups in total. The van der Waals surface area contributed by atoms with Gasteiger partial charge in [0.05, 0.1) is 5.69 Å². The van der Waals surface area contributed by atoms with Gasteiger partial charge < -0.3 is 14.2 Å². The van der Waals surface area contributed by atoms with E-state index in [0.717, 1.165) is 75.2 Å². The molecule has 2 aromatic heterocycles. The van der Waals surface area contributed by atoms with Gasteiger partial charge in [-0.3, -0.25) is 24.3 Å². The van der Waals surface area contributed by atoms with E-state index in [9.17, 15) is 14.7 Å². The van der Waals surface area contributed by atoms with Gasteiger partial charge in [0.1, 0.15) is 0 Å².